The normalized spacial score (nSPS) is 30.8. The van der Waals surface area contributed by atoms with Crippen molar-refractivity contribution in [3.05, 3.63) is 5.54 Å². The lowest BCUT2D eigenvalue weighted by Crippen LogP contribution is -2.35. The molecule has 0 aliphatic heterocycles. The second-order valence-corrected chi connectivity index (χ2v) is 6.09. The zero-order valence-electron chi connectivity index (χ0n) is 9.11. The Morgan fingerprint density at radius 3 is 2.75 bits per heavy atom. The Morgan fingerprint density at radius 2 is 2.17 bits per heavy atom. The maximum Gasteiger partial charge on any atom is 0.0117 e. The summed E-state index contributed by atoms with van der Waals surface area (Å²) >= 11 is 0. The first-order valence-corrected chi connectivity index (χ1v) is 6.42. The lowest BCUT2D eigenvalue weighted by molar-refractivity contribution is 0.175. The Morgan fingerprint density at radius 1 is 1.50 bits per heavy atom. The van der Waals surface area contributed by atoms with Gasteiger partial charge in [0.2, 0.25) is 0 Å². The van der Waals surface area contributed by atoms with Crippen molar-refractivity contribution in [1.29, 1.82) is 0 Å². The van der Waals surface area contributed by atoms with Gasteiger partial charge >= 0.3 is 0 Å². The summed E-state index contributed by atoms with van der Waals surface area (Å²) in [6, 6.07) is 0. The minimum Gasteiger partial charge on any atom is -0.0654 e. The molecule has 0 amide bonds. The fourth-order valence-electron chi connectivity index (χ4n) is 2.50. The van der Waals surface area contributed by atoms with Crippen LogP contribution in [0, 0.1) is 16.9 Å². The molecular formula is C11H23Si. The quantitative estimate of drug-likeness (QED) is 0.577. The predicted molar refractivity (Wildman–Crippen MR) is 59.2 cm³/mol. The van der Waals surface area contributed by atoms with Crippen LogP contribution in [0.1, 0.15) is 52.9 Å². The third-order valence-corrected chi connectivity index (χ3v) is 5.65. The molecule has 0 aromatic carbocycles. The first-order chi connectivity index (χ1) is 5.59. The average Bonchev–Trinajstić information content (AvgIpc) is 2.00. The van der Waals surface area contributed by atoms with Crippen LogP contribution in [-0.2, 0) is 0 Å². The third kappa shape index (κ3) is 1.93. The molecular weight excluding hydrogens is 160 g/mol. The molecule has 1 saturated carbocycles. The van der Waals surface area contributed by atoms with Gasteiger partial charge < -0.3 is 0 Å². The highest BCUT2D eigenvalue weighted by molar-refractivity contribution is 6.19. The van der Waals surface area contributed by atoms with Crippen LogP contribution in [0.2, 0.25) is 0 Å². The summed E-state index contributed by atoms with van der Waals surface area (Å²) in [6.07, 6.45) is 7.18. The van der Waals surface area contributed by atoms with Crippen LogP contribution in [0.4, 0.5) is 0 Å². The van der Waals surface area contributed by atoms with Crippen LogP contribution >= 0.6 is 0 Å². The summed E-state index contributed by atoms with van der Waals surface area (Å²) in [5, 5.41) is 0. The summed E-state index contributed by atoms with van der Waals surface area (Å²) in [4.78, 5) is 0. The largest absolute Gasteiger partial charge is 0.0654 e. The Bertz CT molecular complexity index is 138. The summed E-state index contributed by atoms with van der Waals surface area (Å²) in [5.41, 5.74) is 2.45. The van der Waals surface area contributed by atoms with E-state index < -0.39 is 0 Å². The van der Waals surface area contributed by atoms with Crippen molar-refractivity contribution < 1.29 is 0 Å². The molecule has 1 radical (unpaired) electrons. The molecule has 1 aliphatic carbocycles. The minimum absolute atomic E-state index is 0.584. The van der Waals surface area contributed by atoms with Crippen molar-refractivity contribution in [3.8, 4) is 0 Å². The lowest BCUT2D eigenvalue weighted by atomic mass is 9.67. The number of rotatable bonds is 2. The van der Waals surface area contributed by atoms with E-state index >= 15 is 0 Å². The molecule has 1 heteroatoms. The molecule has 0 heterocycles. The molecule has 0 bridgehead atoms. The van der Waals surface area contributed by atoms with Crippen LogP contribution < -0.4 is 0 Å². The van der Waals surface area contributed by atoms with Gasteiger partial charge in [0.1, 0.15) is 0 Å². The monoisotopic (exact) mass is 183 g/mol. The van der Waals surface area contributed by atoms with Gasteiger partial charge in [0.25, 0.3) is 0 Å². The van der Waals surface area contributed by atoms with Crippen molar-refractivity contribution in [2.75, 3.05) is 0 Å². The summed E-state index contributed by atoms with van der Waals surface area (Å²) < 4.78 is 0. The first kappa shape index (κ1) is 10.3. The fraction of sp³-hybridized carbons (Fsp3) is 0.909. The summed E-state index contributed by atoms with van der Waals surface area (Å²) in [7, 11) is 1.32. The number of hydrogen-bond acceptors (Lipinski definition) is 0. The Hall–Kier alpha value is 0.217. The Kier molecular flexibility index (Phi) is 3.39. The zero-order valence-corrected chi connectivity index (χ0v) is 11.1. The van der Waals surface area contributed by atoms with Gasteiger partial charge in [-0.1, -0.05) is 46.5 Å². The molecule has 1 unspecified atom stereocenters. The second-order valence-electron chi connectivity index (χ2n) is 4.88. The van der Waals surface area contributed by atoms with Crippen LogP contribution in [-0.4, -0.2) is 10.2 Å². The molecule has 1 atom stereocenters. The fourth-order valence-corrected chi connectivity index (χ4v) is 3.26. The van der Waals surface area contributed by atoms with Crippen LogP contribution in [0.5, 0.6) is 0 Å². The first-order valence-electron chi connectivity index (χ1n) is 5.42. The van der Waals surface area contributed by atoms with Crippen LogP contribution in [0.3, 0.4) is 0 Å². The number of hydrogen-bond donors (Lipinski definition) is 0. The SMILES string of the molecule is CCCC1CCC[C]([SiH3])C1(C)C. The minimum atomic E-state index is 0.584. The van der Waals surface area contributed by atoms with Crippen molar-refractivity contribution >= 4 is 10.2 Å². The van der Waals surface area contributed by atoms with Gasteiger partial charge in [-0.25, -0.2) is 0 Å². The maximum absolute atomic E-state index is 2.47. The topological polar surface area (TPSA) is 0 Å². The van der Waals surface area contributed by atoms with Gasteiger partial charge in [-0.05, 0) is 23.3 Å². The predicted octanol–water partition coefficient (Wildman–Crippen LogP) is 2.51. The van der Waals surface area contributed by atoms with E-state index in [0.29, 0.717) is 5.41 Å². The molecule has 0 aromatic rings. The maximum atomic E-state index is 2.47. The molecule has 0 N–H and O–H groups in total. The van der Waals surface area contributed by atoms with Gasteiger partial charge in [0, 0.05) is 10.2 Å². The van der Waals surface area contributed by atoms with E-state index in [-0.39, 0.29) is 0 Å². The smallest absolute Gasteiger partial charge is 0.0117 e. The van der Waals surface area contributed by atoms with E-state index in [1.165, 1.54) is 42.3 Å². The molecule has 0 saturated heterocycles. The van der Waals surface area contributed by atoms with E-state index in [0.717, 1.165) is 5.92 Å². The highest BCUT2D eigenvalue weighted by Gasteiger charge is 2.36. The zero-order chi connectivity index (χ0) is 9.19. The standard InChI is InChI=1S/C11H23Si/c1-4-6-9-7-5-8-10(12)11(9,2)3/h9H,4-8H2,1-3,12H3. The van der Waals surface area contributed by atoms with Crippen molar-refractivity contribution in [2.24, 2.45) is 11.3 Å². The second kappa shape index (κ2) is 3.95. The lowest BCUT2D eigenvalue weighted by Gasteiger charge is -2.43. The highest BCUT2D eigenvalue weighted by atomic mass is 28.1. The average molecular weight is 183 g/mol. The van der Waals surface area contributed by atoms with Crippen molar-refractivity contribution in [1.82, 2.24) is 0 Å². The van der Waals surface area contributed by atoms with E-state index in [4.69, 9.17) is 0 Å². The Labute approximate surface area is 80.6 Å². The molecule has 71 valence electrons. The van der Waals surface area contributed by atoms with Gasteiger partial charge in [-0.15, -0.1) is 0 Å². The van der Waals surface area contributed by atoms with E-state index in [9.17, 15) is 0 Å². The van der Waals surface area contributed by atoms with E-state index in [2.05, 4.69) is 20.8 Å². The molecule has 1 aliphatic rings. The van der Waals surface area contributed by atoms with E-state index in [1.807, 2.05) is 5.54 Å². The van der Waals surface area contributed by atoms with Gasteiger partial charge in [-0.2, -0.15) is 0 Å². The highest BCUT2D eigenvalue weighted by Crippen LogP contribution is 2.46. The van der Waals surface area contributed by atoms with Gasteiger partial charge in [0.15, 0.2) is 0 Å². The van der Waals surface area contributed by atoms with Crippen molar-refractivity contribution in [3.63, 3.8) is 0 Å². The third-order valence-electron chi connectivity index (χ3n) is 3.86. The Balaban J connectivity index is 2.59. The van der Waals surface area contributed by atoms with Crippen molar-refractivity contribution in [2.45, 2.75) is 52.9 Å². The molecule has 1 rings (SSSR count). The van der Waals surface area contributed by atoms with Gasteiger partial charge in [-0.3, -0.25) is 0 Å². The summed E-state index contributed by atoms with van der Waals surface area (Å²) in [5.74, 6) is 0.990. The van der Waals surface area contributed by atoms with E-state index in [1.54, 1.807) is 0 Å². The molecule has 0 aromatic heterocycles. The van der Waals surface area contributed by atoms with Crippen LogP contribution in [0.15, 0.2) is 0 Å². The van der Waals surface area contributed by atoms with Crippen LogP contribution in [0.25, 0.3) is 0 Å². The molecule has 1 fully saturated rings. The summed E-state index contributed by atoms with van der Waals surface area (Å²) in [6.45, 7) is 7.25. The molecule has 0 nitrogen and oxygen atoms in total. The molecule has 0 spiro atoms. The van der Waals surface area contributed by atoms with Gasteiger partial charge in [0.05, 0.1) is 0 Å². The molecule has 12 heavy (non-hydrogen) atoms.